The van der Waals surface area contributed by atoms with Crippen molar-refractivity contribution >= 4 is 0 Å². The van der Waals surface area contributed by atoms with Crippen molar-refractivity contribution < 1.29 is 8.78 Å². The molecular formula is C11H15F2N. The van der Waals surface area contributed by atoms with E-state index in [1.807, 2.05) is 13.0 Å². The Labute approximate surface area is 82.9 Å². The summed E-state index contributed by atoms with van der Waals surface area (Å²) in [5, 5.41) is 0. The van der Waals surface area contributed by atoms with Crippen LogP contribution in [-0.2, 0) is 5.41 Å². The highest BCUT2D eigenvalue weighted by Gasteiger charge is 2.35. The van der Waals surface area contributed by atoms with Crippen molar-refractivity contribution in [2.24, 2.45) is 5.73 Å². The van der Waals surface area contributed by atoms with Crippen LogP contribution >= 0.6 is 0 Å². The Morgan fingerprint density at radius 1 is 1.43 bits per heavy atom. The molecule has 0 amide bonds. The largest absolute Gasteiger partial charge is 0.329 e. The van der Waals surface area contributed by atoms with E-state index in [4.69, 9.17) is 5.73 Å². The second-order valence-electron chi connectivity index (χ2n) is 3.79. The van der Waals surface area contributed by atoms with Gasteiger partial charge in [0.1, 0.15) is 0 Å². The number of benzene rings is 1. The Balaban J connectivity index is 3.12. The fourth-order valence-electron chi connectivity index (χ4n) is 1.33. The van der Waals surface area contributed by atoms with Crippen LogP contribution < -0.4 is 5.73 Å². The zero-order chi connectivity index (χ0) is 10.8. The number of hydrogen-bond acceptors (Lipinski definition) is 1. The molecule has 1 rings (SSSR count). The van der Waals surface area contributed by atoms with Crippen molar-refractivity contribution in [3.8, 4) is 0 Å². The summed E-state index contributed by atoms with van der Waals surface area (Å²) in [6.07, 6.45) is -2.44. The van der Waals surface area contributed by atoms with Gasteiger partial charge in [-0.25, -0.2) is 8.78 Å². The molecule has 0 aliphatic heterocycles. The molecule has 0 heterocycles. The van der Waals surface area contributed by atoms with Gasteiger partial charge < -0.3 is 5.73 Å². The summed E-state index contributed by atoms with van der Waals surface area (Å²) in [6, 6.07) is 7.12. The van der Waals surface area contributed by atoms with Crippen molar-refractivity contribution in [1.29, 1.82) is 0 Å². The Morgan fingerprint density at radius 3 is 2.50 bits per heavy atom. The molecule has 1 atom stereocenters. The van der Waals surface area contributed by atoms with Gasteiger partial charge >= 0.3 is 0 Å². The lowest BCUT2D eigenvalue weighted by Crippen LogP contribution is -2.38. The highest BCUT2D eigenvalue weighted by molar-refractivity contribution is 5.30. The number of nitrogens with two attached hydrogens (primary N) is 1. The van der Waals surface area contributed by atoms with Gasteiger partial charge in [-0.2, -0.15) is 0 Å². The Kier molecular flexibility index (Phi) is 3.21. The number of alkyl halides is 2. The van der Waals surface area contributed by atoms with Gasteiger partial charge in [0.25, 0.3) is 0 Å². The molecule has 3 heteroatoms. The summed E-state index contributed by atoms with van der Waals surface area (Å²) in [4.78, 5) is 0. The molecule has 0 aliphatic carbocycles. The summed E-state index contributed by atoms with van der Waals surface area (Å²) in [5.74, 6) is 0. The van der Waals surface area contributed by atoms with Gasteiger partial charge in [-0.15, -0.1) is 0 Å². The van der Waals surface area contributed by atoms with Gasteiger partial charge in [-0.1, -0.05) is 29.8 Å². The monoisotopic (exact) mass is 199 g/mol. The Hall–Kier alpha value is -0.960. The van der Waals surface area contributed by atoms with E-state index in [1.165, 1.54) is 6.92 Å². The lowest BCUT2D eigenvalue weighted by molar-refractivity contribution is 0.0637. The minimum atomic E-state index is -2.44. The third kappa shape index (κ3) is 1.93. The predicted molar refractivity (Wildman–Crippen MR) is 53.6 cm³/mol. The maximum absolute atomic E-state index is 12.8. The van der Waals surface area contributed by atoms with Crippen LogP contribution in [0, 0.1) is 6.92 Å². The highest BCUT2D eigenvalue weighted by atomic mass is 19.3. The zero-order valence-corrected chi connectivity index (χ0v) is 8.43. The molecule has 2 N–H and O–H groups in total. The van der Waals surface area contributed by atoms with Gasteiger partial charge in [-0.05, 0) is 19.4 Å². The minimum Gasteiger partial charge on any atom is -0.329 e. The van der Waals surface area contributed by atoms with Crippen molar-refractivity contribution in [3.05, 3.63) is 35.4 Å². The van der Waals surface area contributed by atoms with Crippen molar-refractivity contribution in [3.63, 3.8) is 0 Å². The molecule has 0 aromatic heterocycles. The number of hydrogen-bond donors (Lipinski definition) is 1. The third-order valence-corrected chi connectivity index (χ3v) is 2.58. The summed E-state index contributed by atoms with van der Waals surface area (Å²) < 4.78 is 25.6. The molecule has 0 saturated carbocycles. The predicted octanol–water partition coefficient (Wildman–Crippen LogP) is 2.48. The average molecular weight is 199 g/mol. The van der Waals surface area contributed by atoms with Crippen LogP contribution in [0.4, 0.5) is 8.78 Å². The number of aryl methyl sites for hydroxylation is 1. The van der Waals surface area contributed by atoms with Gasteiger partial charge in [0.05, 0.1) is 5.41 Å². The van der Waals surface area contributed by atoms with E-state index >= 15 is 0 Å². The van der Waals surface area contributed by atoms with E-state index in [9.17, 15) is 8.78 Å². The maximum Gasteiger partial charge on any atom is 0.249 e. The fraction of sp³-hybridized carbons (Fsp3) is 0.455. The van der Waals surface area contributed by atoms with E-state index in [1.54, 1.807) is 18.2 Å². The number of rotatable bonds is 3. The van der Waals surface area contributed by atoms with Crippen molar-refractivity contribution in [2.45, 2.75) is 25.7 Å². The summed E-state index contributed by atoms with van der Waals surface area (Å²) in [6.45, 7) is 3.33. The first-order valence-corrected chi connectivity index (χ1v) is 4.56. The molecule has 1 nitrogen and oxygen atoms in total. The second kappa shape index (κ2) is 4.05. The first-order valence-electron chi connectivity index (χ1n) is 4.56. The van der Waals surface area contributed by atoms with Crippen LogP contribution in [0.15, 0.2) is 24.3 Å². The molecule has 0 spiro atoms. The topological polar surface area (TPSA) is 26.0 Å². The van der Waals surface area contributed by atoms with Gasteiger partial charge in [-0.3, -0.25) is 0 Å². The molecule has 14 heavy (non-hydrogen) atoms. The van der Waals surface area contributed by atoms with E-state index < -0.39 is 11.8 Å². The van der Waals surface area contributed by atoms with Crippen molar-refractivity contribution in [1.82, 2.24) is 0 Å². The van der Waals surface area contributed by atoms with Gasteiger partial charge in [0.2, 0.25) is 6.43 Å². The second-order valence-corrected chi connectivity index (χ2v) is 3.79. The molecule has 0 saturated heterocycles. The zero-order valence-electron chi connectivity index (χ0n) is 8.43. The van der Waals surface area contributed by atoms with Gasteiger partial charge in [0, 0.05) is 6.54 Å². The first-order chi connectivity index (χ1) is 6.50. The third-order valence-electron chi connectivity index (χ3n) is 2.58. The lowest BCUT2D eigenvalue weighted by atomic mass is 9.82. The van der Waals surface area contributed by atoms with E-state index in [-0.39, 0.29) is 6.54 Å². The molecule has 1 aromatic rings. The van der Waals surface area contributed by atoms with E-state index in [2.05, 4.69) is 0 Å². The van der Waals surface area contributed by atoms with Crippen LogP contribution in [0.3, 0.4) is 0 Å². The van der Waals surface area contributed by atoms with Gasteiger partial charge in [0.15, 0.2) is 0 Å². The van der Waals surface area contributed by atoms with Crippen LogP contribution in [0.2, 0.25) is 0 Å². The summed E-state index contributed by atoms with van der Waals surface area (Å²) >= 11 is 0. The quantitative estimate of drug-likeness (QED) is 0.795. The highest BCUT2D eigenvalue weighted by Crippen LogP contribution is 2.30. The molecular weight excluding hydrogens is 184 g/mol. The molecule has 78 valence electrons. The SMILES string of the molecule is Cc1cccc(C(C)(CN)C(F)F)c1. The summed E-state index contributed by atoms with van der Waals surface area (Å²) in [5.41, 5.74) is 5.76. The standard InChI is InChI=1S/C11H15F2N/c1-8-4-3-5-9(6-8)11(2,7-14)10(12)13/h3-6,10H,7,14H2,1-2H3. The van der Waals surface area contributed by atoms with Crippen LogP contribution in [0.5, 0.6) is 0 Å². The molecule has 0 bridgehead atoms. The van der Waals surface area contributed by atoms with E-state index in [0.29, 0.717) is 5.56 Å². The maximum atomic E-state index is 12.8. The van der Waals surface area contributed by atoms with Crippen LogP contribution in [0.1, 0.15) is 18.1 Å². The molecule has 1 unspecified atom stereocenters. The molecule has 0 radical (unpaired) electrons. The first kappa shape index (κ1) is 11.1. The molecule has 1 aromatic carbocycles. The smallest absolute Gasteiger partial charge is 0.249 e. The average Bonchev–Trinajstić information content (AvgIpc) is 2.16. The summed E-state index contributed by atoms with van der Waals surface area (Å²) in [7, 11) is 0. The number of halogens is 2. The molecule has 0 fully saturated rings. The Bertz CT molecular complexity index is 312. The van der Waals surface area contributed by atoms with Crippen LogP contribution in [-0.4, -0.2) is 13.0 Å². The van der Waals surface area contributed by atoms with E-state index in [0.717, 1.165) is 5.56 Å². The molecule has 0 aliphatic rings. The lowest BCUT2D eigenvalue weighted by Gasteiger charge is -2.27. The van der Waals surface area contributed by atoms with Crippen LogP contribution in [0.25, 0.3) is 0 Å². The van der Waals surface area contributed by atoms with Crippen molar-refractivity contribution in [2.75, 3.05) is 6.54 Å². The Morgan fingerprint density at radius 2 is 2.07 bits per heavy atom. The normalized spacial score (nSPS) is 15.6. The fourth-order valence-corrected chi connectivity index (χ4v) is 1.33. The minimum absolute atomic E-state index is 0.0475.